The van der Waals surface area contributed by atoms with Crippen molar-refractivity contribution in [1.82, 2.24) is 19.1 Å². The third-order valence-electron chi connectivity index (χ3n) is 9.94. The van der Waals surface area contributed by atoms with Crippen LogP contribution in [0.15, 0.2) is 176 Å². The van der Waals surface area contributed by atoms with Gasteiger partial charge in [-0.05, 0) is 83.4 Å². The molecule has 0 fully saturated rings. The first-order chi connectivity index (χ1) is 25.7. The number of fused-ring (bicyclic) bond motifs is 7. The van der Waals surface area contributed by atoms with Crippen molar-refractivity contribution in [1.29, 1.82) is 0 Å². The zero-order valence-electron chi connectivity index (χ0n) is 28.0. The number of hydrogen-bond acceptors (Lipinski definition) is 2. The molecule has 0 N–H and O–H groups in total. The molecule has 0 amide bonds. The fourth-order valence-corrected chi connectivity index (χ4v) is 7.65. The van der Waals surface area contributed by atoms with Crippen molar-refractivity contribution in [2.75, 3.05) is 0 Å². The Balaban J connectivity index is 1.24. The van der Waals surface area contributed by atoms with Crippen LogP contribution in [0.3, 0.4) is 0 Å². The maximum Gasteiger partial charge on any atom is 0.187 e. The van der Waals surface area contributed by atoms with Crippen LogP contribution in [-0.4, -0.2) is 19.1 Å². The Morgan fingerprint density at radius 1 is 0.462 bits per heavy atom. The predicted octanol–water partition coefficient (Wildman–Crippen LogP) is 12.2. The first kappa shape index (κ1) is 29.6. The summed E-state index contributed by atoms with van der Waals surface area (Å²) in [5.41, 5.74) is 12.8. The number of hydrogen-bond donors (Lipinski definition) is 0. The van der Waals surface area contributed by atoms with E-state index in [1.54, 1.807) is 0 Å². The van der Waals surface area contributed by atoms with E-state index in [1.807, 2.05) is 54.7 Å². The Kier molecular flexibility index (Phi) is 6.80. The summed E-state index contributed by atoms with van der Waals surface area (Å²) in [7, 11) is 0. The summed E-state index contributed by atoms with van der Waals surface area (Å²) >= 11 is 0. The smallest absolute Gasteiger partial charge is 0.187 e. The molecule has 0 aliphatic carbocycles. The lowest BCUT2D eigenvalue weighted by atomic mass is 9.99. The fraction of sp³-hybridized carbons (Fsp3) is 0. The molecule has 0 aliphatic heterocycles. The Morgan fingerprint density at radius 3 is 2.00 bits per heavy atom. The minimum atomic E-state index is 0.590. The molecule has 0 saturated carbocycles. The molecule has 10 rings (SSSR count). The summed E-state index contributed by atoms with van der Waals surface area (Å²) in [6.07, 6.45) is 1.88. The number of rotatable bonds is 5. The highest BCUT2D eigenvalue weighted by molar-refractivity contribution is 6.25. The summed E-state index contributed by atoms with van der Waals surface area (Å²) < 4.78 is 4.69. The molecule has 0 radical (unpaired) electrons. The SMILES string of the molecule is [C-]#[N+]c1cccc(-c2cc(-c3cccc(-n4c5ncccc5c5ccc6c(c7ccccc7n6-c6ccccc6)c54)c3)cc(-c3ccccc3)n2)c1. The molecule has 5 nitrogen and oxygen atoms in total. The average molecular weight is 664 g/mol. The first-order valence-corrected chi connectivity index (χ1v) is 17.3. The lowest BCUT2D eigenvalue weighted by Crippen LogP contribution is -1.97. The van der Waals surface area contributed by atoms with E-state index in [0.29, 0.717) is 5.69 Å². The Morgan fingerprint density at radius 2 is 1.15 bits per heavy atom. The van der Waals surface area contributed by atoms with E-state index in [0.717, 1.165) is 78.0 Å². The van der Waals surface area contributed by atoms with Gasteiger partial charge in [-0.25, -0.2) is 14.8 Å². The number of benzene rings is 6. The van der Waals surface area contributed by atoms with Crippen molar-refractivity contribution < 1.29 is 0 Å². The molecular weight excluding hydrogens is 635 g/mol. The van der Waals surface area contributed by atoms with Gasteiger partial charge in [-0.2, -0.15) is 0 Å². The molecule has 0 spiro atoms. The molecule has 0 saturated heterocycles. The van der Waals surface area contributed by atoms with Gasteiger partial charge in [0.05, 0.1) is 34.5 Å². The fourth-order valence-electron chi connectivity index (χ4n) is 7.65. The van der Waals surface area contributed by atoms with E-state index in [4.69, 9.17) is 16.5 Å². The third-order valence-corrected chi connectivity index (χ3v) is 9.94. The lowest BCUT2D eigenvalue weighted by molar-refractivity contribution is 1.14. The molecule has 0 atom stereocenters. The molecule has 4 heterocycles. The zero-order chi connectivity index (χ0) is 34.6. The van der Waals surface area contributed by atoms with Gasteiger partial charge in [0.15, 0.2) is 5.69 Å². The van der Waals surface area contributed by atoms with Crippen molar-refractivity contribution in [3.63, 3.8) is 0 Å². The van der Waals surface area contributed by atoms with Crippen LogP contribution in [0, 0.1) is 6.57 Å². The van der Waals surface area contributed by atoms with Gasteiger partial charge in [0.2, 0.25) is 0 Å². The van der Waals surface area contributed by atoms with Crippen LogP contribution in [0.5, 0.6) is 0 Å². The van der Waals surface area contributed by atoms with E-state index in [9.17, 15) is 0 Å². The van der Waals surface area contributed by atoms with Crippen molar-refractivity contribution in [3.05, 3.63) is 187 Å². The Bertz CT molecular complexity index is 3020. The second kappa shape index (κ2) is 11.9. The maximum absolute atomic E-state index is 7.60. The van der Waals surface area contributed by atoms with Crippen LogP contribution in [0.4, 0.5) is 5.69 Å². The molecule has 52 heavy (non-hydrogen) atoms. The predicted molar refractivity (Wildman–Crippen MR) is 213 cm³/mol. The summed E-state index contributed by atoms with van der Waals surface area (Å²) in [4.78, 5) is 13.8. The molecular formula is C47H29N5. The highest BCUT2D eigenvalue weighted by Gasteiger charge is 2.21. The van der Waals surface area contributed by atoms with E-state index in [-0.39, 0.29) is 0 Å². The Hall–Kier alpha value is -7.29. The van der Waals surface area contributed by atoms with Crippen molar-refractivity contribution in [3.8, 4) is 45.0 Å². The third kappa shape index (κ3) is 4.70. The van der Waals surface area contributed by atoms with Gasteiger partial charge in [0.1, 0.15) is 5.65 Å². The minimum absolute atomic E-state index is 0.590. The monoisotopic (exact) mass is 663 g/mol. The second-order valence-corrected chi connectivity index (χ2v) is 13.0. The van der Waals surface area contributed by atoms with Crippen LogP contribution >= 0.6 is 0 Å². The summed E-state index contributed by atoms with van der Waals surface area (Å²) in [5, 5.41) is 4.66. The molecule has 6 aromatic carbocycles. The van der Waals surface area contributed by atoms with Crippen molar-refractivity contribution in [2.24, 2.45) is 0 Å². The first-order valence-electron chi connectivity index (χ1n) is 17.3. The van der Waals surface area contributed by atoms with Crippen LogP contribution in [0.25, 0.3) is 93.6 Å². The standard InChI is InChI=1S/C47H29N5/c1-48-35-17-10-16-33(27-35)42-30-34(29-41(50-42)31-13-4-2-5-14-31)32-15-11-20-37(28-32)52-46-38(39-22-12-26-49-47(39)52)24-25-44-45(46)40-21-8-9-23-43(40)51(44)36-18-6-3-7-19-36/h2-30H. The van der Waals surface area contributed by atoms with Crippen LogP contribution in [0.1, 0.15) is 0 Å². The molecule has 5 heteroatoms. The zero-order valence-corrected chi connectivity index (χ0v) is 28.0. The summed E-state index contributed by atoms with van der Waals surface area (Å²) in [6.45, 7) is 7.60. The highest BCUT2D eigenvalue weighted by atomic mass is 15.1. The van der Waals surface area contributed by atoms with Crippen LogP contribution in [0.2, 0.25) is 0 Å². The molecule has 242 valence electrons. The van der Waals surface area contributed by atoms with E-state index >= 15 is 0 Å². The van der Waals surface area contributed by atoms with E-state index in [2.05, 4.69) is 135 Å². The number of nitrogens with zero attached hydrogens (tertiary/aromatic N) is 5. The number of aromatic nitrogens is 4. The maximum atomic E-state index is 7.60. The summed E-state index contributed by atoms with van der Waals surface area (Å²) in [6, 6.07) is 58.9. The minimum Gasteiger partial charge on any atom is -0.309 e. The van der Waals surface area contributed by atoms with Gasteiger partial charge in [-0.1, -0.05) is 103 Å². The highest BCUT2D eigenvalue weighted by Crippen LogP contribution is 2.42. The molecule has 4 aromatic heterocycles. The normalized spacial score (nSPS) is 11.4. The van der Waals surface area contributed by atoms with Gasteiger partial charge in [0, 0.05) is 44.7 Å². The van der Waals surface area contributed by atoms with Gasteiger partial charge in [0.25, 0.3) is 0 Å². The summed E-state index contributed by atoms with van der Waals surface area (Å²) in [5.74, 6) is 0. The van der Waals surface area contributed by atoms with Crippen molar-refractivity contribution in [2.45, 2.75) is 0 Å². The molecule has 10 aromatic rings. The average Bonchev–Trinajstić information content (AvgIpc) is 3.74. The van der Waals surface area contributed by atoms with Gasteiger partial charge in [-0.3, -0.25) is 4.57 Å². The molecule has 0 unspecified atom stereocenters. The lowest BCUT2D eigenvalue weighted by Gasteiger charge is -2.13. The number of para-hydroxylation sites is 2. The number of pyridine rings is 2. The molecule has 0 bridgehead atoms. The van der Waals surface area contributed by atoms with Gasteiger partial charge in [-0.15, -0.1) is 0 Å². The van der Waals surface area contributed by atoms with Crippen LogP contribution < -0.4 is 0 Å². The second-order valence-electron chi connectivity index (χ2n) is 13.0. The van der Waals surface area contributed by atoms with E-state index < -0.39 is 0 Å². The van der Waals surface area contributed by atoms with Gasteiger partial charge >= 0.3 is 0 Å². The Labute approximate surface area is 300 Å². The largest absolute Gasteiger partial charge is 0.309 e. The van der Waals surface area contributed by atoms with Crippen molar-refractivity contribution >= 4 is 49.4 Å². The van der Waals surface area contributed by atoms with Crippen LogP contribution in [-0.2, 0) is 0 Å². The quantitative estimate of drug-likeness (QED) is 0.172. The molecule has 0 aliphatic rings. The van der Waals surface area contributed by atoms with E-state index in [1.165, 1.54) is 10.8 Å². The van der Waals surface area contributed by atoms with Gasteiger partial charge < -0.3 is 4.57 Å². The topological polar surface area (TPSA) is 40.0 Å².